The number of amides is 5. The number of fused-ring (bicyclic) bond motifs is 2. The van der Waals surface area contributed by atoms with Gasteiger partial charge in [-0.15, -0.1) is 11.3 Å². The summed E-state index contributed by atoms with van der Waals surface area (Å²) in [7, 11) is 1.52. The van der Waals surface area contributed by atoms with Crippen molar-refractivity contribution < 1.29 is 37.5 Å². The summed E-state index contributed by atoms with van der Waals surface area (Å²) in [6, 6.07) is 11.9. The lowest BCUT2D eigenvalue weighted by Gasteiger charge is -2.54. The minimum absolute atomic E-state index is 0.0898. The van der Waals surface area contributed by atoms with E-state index in [1.165, 1.54) is 76.9 Å². The van der Waals surface area contributed by atoms with Crippen molar-refractivity contribution >= 4 is 62.5 Å². The number of pyridine rings is 1. The maximum absolute atomic E-state index is 13.9. The molecule has 2 aromatic carbocycles. The third-order valence-corrected chi connectivity index (χ3v) is 15.2. The van der Waals surface area contributed by atoms with Crippen molar-refractivity contribution in [2.45, 2.75) is 102 Å². The second-order valence-electron chi connectivity index (χ2n) is 18.4. The van der Waals surface area contributed by atoms with Crippen molar-refractivity contribution in [3.8, 4) is 5.75 Å². The fourth-order valence-electron chi connectivity index (χ4n) is 10.6. The van der Waals surface area contributed by atoms with Gasteiger partial charge in [-0.3, -0.25) is 34.2 Å². The van der Waals surface area contributed by atoms with Gasteiger partial charge in [-0.05, 0) is 118 Å². The highest BCUT2D eigenvalue weighted by atomic mass is 32.1. The molecule has 3 aliphatic heterocycles. The number of benzene rings is 2. The van der Waals surface area contributed by atoms with Gasteiger partial charge in [0, 0.05) is 57.2 Å². The number of ether oxygens (including phenoxy) is 1. The number of thiazole rings is 1. The number of imide groups is 2. The molecular formula is C47H53F2N7O6S. The molecule has 4 aromatic rings. The van der Waals surface area contributed by atoms with Gasteiger partial charge in [0.15, 0.2) is 0 Å². The number of carbonyl (C=O) groups is 5. The Balaban J connectivity index is 0.699. The molecular weight excluding hydrogens is 829 g/mol. The fraction of sp³-hybridized carbons (Fsp3) is 0.511. The fourth-order valence-corrected chi connectivity index (χ4v) is 11.7. The number of likely N-dealkylation sites (tertiary alicyclic amines) is 1. The van der Waals surface area contributed by atoms with Crippen LogP contribution in [0.1, 0.15) is 132 Å². The smallest absolute Gasteiger partial charge is 0.287 e. The number of hydrogen-bond acceptors (Lipinski definition) is 11. The molecule has 1 unspecified atom stereocenters. The van der Waals surface area contributed by atoms with Crippen LogP contribution in [0.4, 0.5) is 20.2 Å². The lowest BCUT2D eigenvalue weighted by Crippen LogP contribution is -2.58. The zero-order valence-corrected chi connectivity index (χ0v) is 36.5. The number of rotatable bonds is 13. The monoisotopic (exact) mass is 881 g/mol. The van der Waals surface area contributed by atoms with Crippen LogP contribution >= 0.6 is 11.3 Å². The number of methoxy groups -OCH3 is 1. The molecule has 13 nitrogen and oxygen atoms in total. The summed E-state index contributed by atoms with van der Waals surface area (Å²) in [4.78, 5) is 76.3. The van der Waals surface area contributed by atoms with E-state index in [1.54, 1.807) is 23.5 Å². The standard InChI is InChI=1S/C47H53F2N7O6S/c1-46(48,49)38-10-4-9-32(51-38)41(58)52-33-23-37-34(22-36(33)62-2)53-43(63-37)29-13-11-28(12-14-29)24-55-25-47(26-55)19-17-27(18-20-47)6-5-21-50-31-8-3-7-30-40(31)45(61)56(44(30)60)35-15-16-39(57)54-42(35)59/h3-4,7-10,22-23,27-29,35,50H,5-6,11-21,24-26H2,1-2H3,(H,52,58)(H,54,57,59). The summed E-state index contributed by atoms with van der Waals surface area (Å²) < 4.78 is 34.2. The first kappa shape index (κ1) is 42.9. The third-order valence-electron chi connectivity index (χ3n) is 14.0. The highest BCUT2D eigenvalue weighted by Gasteiger charge is 2.47. The average Bonchev–Trinajstić information content (AvgIpc) is 3.79. The van der Waals surface area contributed by atoms with Crippen LogP contribution in [0, 0.1) is 17.3 Å². The first-order chi connectivity index (χ1) is 30.3. The predicted molar refractivity (Wildman–Crippen MR) is 234 cm³/mol. The molecule has 0 radical (unpaired) electrons. The second kappa shape index (κ2) is 17.3. The normalized spacial score (nSPS) is 22.9. The van der Waals surface area contributed by atoms with Crippen LogP contribution in [-0.2, 0) is 15.5 Å². The molecule has 9 rings (SSSR count). The molecule has 0 bridgehead atoms. The zero-order valence-electron chi connectivity index (χ0n) is 35.6. The van der Waals surface area contributed by atoms with Crippen molar-refractivity contribution in [3.05, 3.63) is 76.1 Å². The van der Waals surface area contributed by atoms with Crippen molar-refractivity contribution in [2.75, 3.05) is 43.9 Å². The lowest BCUT2D eigenvalue weighted by atomic mass is 9.65. The van der Waals surface area contributed by atoms with Gasteiger partial charge in [0.05, 0.1) is 39.1 Å². The Kier molecular flexibility index (Phi) is 11.8. The quantitative estimate of drug-likeness (QED) is 0.0883. The summed E-state index contributed by atoms with van der Waals surface area (Å²) in [6.45, 7) is 4.97. The Bertz CT molecular complexity index is 2450. The number of anilines is 2. The van der Waals surface area contributed by atoms with Crippen LogP contribution in [-0.4, -0.2) is 88.6 Å². The van der Waals surface area contributed by atoms with Crippen molar-refractivity contribution in [1.82, 2.24) is 25.1 Å². The van der Waals surface area contributed by atoms with E-state index in [9.17, 15) is 32.8 Å². The molecule has 5 heterocycles. The van der Waals surface area contributed by atoms with Gasteiger partial charge in [-0.2, -0.15) is 8.78 Å². The summed E-state index contributed by atoms with van der Waals surface area (Å²) in [5.41, 5.74) is 2.33. The van der Waals surface area contributed by atoms with E-state index in [0.29, 0.717) is 52.4 Å². The summed E-state index contributed by atoms with van der Waals surface area (Å²) in [6.07, 6.45) is 11.8. The van der Waals surface area contributed by atoms with Crippen LogP contribution in [0.15, 0.2) is 48.5 Å². The molecule has 16 heteroatoms. The Morgan fingerprint density at radius 2 is 1.70 bits per heavy atom. The number of carbonyl (C=O) groups excluding carboxylic acids is 5. The minimum atomic E-state index is -3.16. The lowest BCUT2D eigenvalue weighted by molar-refractivity contribution is -0.136. The maximum atomic E-state index is 13.9. The molecule has 3 N–H and O–H groups in total. The number of nitrogens with one attached hydrogen (secondary N) is 3. The Morgan fingerprint density at radius 1 is 0.937 bits per heavy atom. The van der Waals surface area contributed by atoms with Crippen molar-refractivity contribution in [2.24, 2.45) is 17.3 Å². The SMILES string of the molecule is COc1cc2nc(C3CCC(CN4CC5(CCC(CCCNc6cccc7c6C(=O)N(C6CCC(=O)NC6=O)C7=O)CC5)C4)CC3)sc2cc1NC(=O)c1cccc(C(C)(F)F)n1. The van der Waals surface area contributed by atoms with Crippen LogP contribution < -0.4 is 20.7 Å². The largest absolute Gasteiger partial charge is 0.494 e. The molecule has 2 saturated carbocycles. The highest BCUT2D eigenvalue weighted by Crippen LogP contribution is 2.48. The van der Waals surface area contributed by atoms with Gasteiger partial charge in [0.2, 0.25) is 11.8 Å². The van der Waals surface area contributed by atoms with E-state index in [2.05, 4.69) is 25.8 Å². The van der Waals surface area contributed by atoms with Crippen LogP contribution in [0.2, 0.25) is 0 Å². The van der Waals surface area contributed by atoms with E-state index in [-0.39, 0.29) is 24.1 Å². The van der Waals surface area contributed by atoms with E-state index in [1.807, 2.05) is 18.2 Å². The van der Waals surface area contributed by atoms with Gasteiger partial charge < -0.3 is 20.3 Å². The first-order valence-corrected chi connectivity index (χ1v) is 23.0. The first-order valence-electron chi connectivity index (χ1n) is 22.2. The minimum Gasteiger partial charge on any atom is -0.494 e. The highest BCUT2D eigenvalue weighted by molar-refractivity contribution is 7.18. The van der Waals surface area contributed by atoms with E-state index < -0.39 is 47.2 Å². The number of halogens is 2. The van der Waals surface area contributed by atoms with E-state index >= 15 is 0 Å². The number of aromatic nitrogens is 2. The van der Waals surface area contributed by atoms with Gasteiger partial charge in [-0.1, -0.05) is 12.1 Å². The molecule has 5 aliphatic rings. The summed E-state index contributed by atoms with van der Waals surface area (Å²) in [5, 5.41) is 9.54. The maximum Gasteiger partial charge on any atom is 0.287 e. The molecule has 332 valence electrons. The number of piperidine rings is 1. The Labute approximate surface area is 368 Å². The molecule has 63 heavy (non-hydrogen) atoms. The average molecular weight is 882 g/mol. The van der Waals surface area contributed by atoms with Crippen molar-refractivity contribution in [1.29, 1.82) is 0 Å². The van der Waals surface area contributed by atoms with Gasteiger partial charge in [0.25, 0.3) is 23.6 Å². The van der Waals surface area contributed by atoms with Gasteiger partial charge in [0.1, 0.15) is 23.2 Å². The third kappa shape index (κ3) is 8.80. The van der Waals surface area contributed by atoms with E-state index in [4.69, 9.17) is 9.72 Å². The van der Waals surface area contributed by atoms with E-state index in [0.717, 1.165) is 59.3 Å². The molecule has 1 atom stereocenters. The summed E-state index contributed by atoms with van der Waals surface area (Å²) in [5.74, 6) is -3.55. The number of alkyl halides is 2. The van der Waals surface area contributed by atoms with Crippen LogP contribution in [0.3, 0.4) is 0 Å². The molecule has 1 spiro atoms. The zero-order chi connectivity index (χ0) is 44.0. The predicted octanol–water partition coefficient (Wildman–Crippen LogP) is 8.12. The number of hydrogen-bond donors (Lipinski definition) is 3. The van der Waals surface area contributed by atoms with Crippen LogP contribution in [0.5, 0.6) is 5.75 Å². The topological polar surface area (TPSA) is 163 Å². The number of nitrogens with zero attached hydrogens (tertiary/aromatic N) is 4. The molecule has 2 aromatic heterocycles. The van der Waals surface area contributed by atoms with Crippen molar-refractivity contribution in [3.63, 3.8) is 0 Å². The van der Waals surface area contributed by atoms with Crippen LogP contribution in [0.25, 0.3) is 10.2 Å². The second-order valence-corrected chi connectivity index (χ2v) is 19.5. The van der Waals surface area contributed by atoms with Gasteiger partial charge >= 0.3 is 0 Å². The Hall–Kier alpha value is -5.35. The molecule has 4 fully saturated rings. The summed E-state index contributed by atoms with van der Waals surface area (Å²) >= 11 is 1.63. The molecule has 2 aliphatic carbocycles. The van der Waals surface area contributed by atoms with Gasteiger partial charge in [-0.25, -0.2) is 9.97 Å². The molecule has 2 saturated heterocycles. The Morgan fingerprint density at radius 3 is 2.43 bits per heavy atom. The molecule has 5 amide bonds.